The number of nitrogens with zero attached hydrogens (tertiary/aromatic N) is 6. The molecule has 1 saturated heterocycles. The third-order valence-electron chi connectivity index (χ3n) is 5.13. The van der Waals surface area contributed by atoms with Crippen LogP contribution in [-0.2, 0) is 13.5 Å². The lowest BCUT2D eigenvalue weighted by atomic mass is 10.1. The molecule has 28 heavy (non-hydrogen) atoms. The number of benzene rings is 1. The van der Waals surface area contributed by atoms with Gasteiger partial charge in [-0.05, 0) is 36.2 Å². The summed E-state index contributed by atoms with van der Waals surface area (Å²) in [5, 5.41) is 1.06. The normalized spacial score (nSPS) is 15.4. The Morgan fingerprint density at radius 1 is 1.18 bits per heavy atom. The van der Waals surface area contributed by atoms with Crippen LogP contribution in [0.15, 0.2) is 47.8 Å². The third-order valence-corrected chi connectivity index (χ3v) is 5.13. The highest BCUT2D eigenvalue weighted by molar-refractivity contribution is 5.84. The second-order valence-electron chi connectivity index (χ2n) is 6.94. The lowest BCUT2D eigenvalue weighted by Gasteiger charge is -2.35. The molecule has 2 N–H and O–H groups in total. The van der Waals surface area contributed by atoms with E-state index in [1.54, 1.807) is 18.5 Å². The summed E-state index contributed by atoms with van der Waals surface area (Å²) in [5.41, 5.74) is 8.25. The monoisotopic (exact) mass is 381 g/mol. The number of aryl methyl sites for hydroxylation is 1. The first-order valence-electron chi connectivity index (χ1n) is 9.42. The fraction of sp³-hybridized carbons (Fsp3) is 0.350. The topological polar surface area (TPSA) is 75.6 Å². The summed E-state index contributed by atoms with van der Waals surface area (Å²) >= 11 is 0. The molecule has 146 valence electrons. The predicted molar refractivity (Wildman–Crippen MR) is 109 cm³/mol. The predicted octanol–water partition coefficient (Wildman–Crippen LogP) is 1.79. The maximum Gasteiger partial charge on any atom is 0.225 e. The maximum atomic E-state index is 13.5. The molecule has 0 aliphatic carbocycles. The lowest BCUT2D eigenvalue weighted by molar-refractivity contribution is 0.378. The molecule has 0 bridgehead atoms. The molecule has 0 saturated carbocycles. The van der Waals surface area contributed by atoms with E-state index in [4.69, 9.17) is 5.73 Å². The molecule has 2 aromatic heterocycles. The zero-order chi connectivity index (χ0) is 19.5. The molecule has 0 radical (unpaired) electrons. The molecular formula is C20H24FN7. The van der Waals surface area contributed by atoms with E-state index in [0.717, 1.165) is 55.0 Å². The summed E-state index contributed by atoms with van der Waals surface area (Å²) in [6, 6.07) is 6.71. The second kappa shape index (κ2) is 7.84. The number of piperazine rings is 1. The largest absolute Gasteiger partial charge is 0.370 e. The Labute approximate surface area is 163 Å². The number of nitrogens with two attached hydrogens (primary N) is 1. The van der Waals surface area contributed by atoms with E-state index in [1.807, 2.05) is 29.9 Å². The van der Waals surface area contributed by atoms with E-state index in [2.05, 4.69) is 24.8 Å². The van der Waals surface area contributed by atoms with Gasteiger partial charge in [0, 0.05) is 63.7 Å². The number of halogens is 1. The van der Waals surface area contributed by atoms with Gasteiger partial charge >= 0.3 is 0 Å². The summed E-state index contributed by atoms with van der Waals surface area (Å²) in [7, 11) is 1.93. The Balaban J connectivity index is 1.34. The highest BCUT2D eigenvalue weighted by Gasteiger charge is 2.19. The number of hydrogen-bond donors (Lipinski definition) is 1. The first-order valence-corrected chi connectivity index (χ1v) is 9.42. The molecule has 3 aromatic rings. The van der Waals surface area contributed by atoms with Gasteiger partial charge in [-0.15, -0.1) is 0 Å². The van der Waals surface area contributed by atoms with Crippen LogP contribution < -0.4 is 10.6 Å². The van der Waals surface area contributed by atoms with Crippen LogP contribution in [0.4, 0.5) is 10.3 Å². The molecule has 1 aliphatic heterocycles. The molecule has 1 aromatic carbocycles. The quantitative estimate of drug-likeness (QED) is 0.551. The number of fused-ring (bicyclic) bond motifs is 1. The zero-order valence-electron chi connectivity index (χ0n) is 15.9. The van der Waals surface area contributed by atoms with Gasteiger partial charge in [-0.2, -0.15) is 0 Å². The van der Waals surface area contributed by atoms with Gasteiger partial charge in [0.25, 0.3) is 0 Å². The average Bonchev–Trinajstić information content (AvgIpc) is 3.03. The summed E-state index contributed by atoms with van der Waals surface area (Å²) < 4.78 is 15.4. The van der Waals surface area contributed by atoms with Crippen LogP contribution in [0.3, 0.4) is 0 Å². The first-order chi connectivity index (χ1) is 13.6. The number of guanidine groups is 1. The van der Waals surface area contributed by atoms with Gasteiger partial charge in [0.15, 0.2) is 5.96 Å². The minimum atomic E-state index is -0.220. The van der Waals surface area contributed by atoms with Crippen molar-refractivity contribution in [2.24, 2.45) is 17.8 Å². The SMILES string of the molecule is Cn1cc(CCN=C(N)N2CCN(c3ncccn3)CC2)c2ccc(F)cc21. The Hall–Kier alpha value is -3.16. The van der Waals surface area contributed by atoms with Crippen LogP contribution in [0.25, 0.3) is 10.9 Å². The summed E-state index contributed by atoms with van der Waals surface area (Å²) in [6.45, 7) is 3.82. The van der Waals surface area contributed by atoms with Crippen molar-refractivity contribution in [2.75, 3.05) is 37.6 Å². The molecule has 0 amide bonds. The molecule has 0 spiro atoms. The zero-order valence-corrected chi connectivity index (χ0v) is 15.9. The maximum absolute atomic E-state index is 13.5. The van der Waals surface area contributed by atoms with Crippen molar-refractivity contribution in [1.82, 2.24) is 19.4 Å². The van der Waals surface area contributed by atoms with E-state index < -0.39 is 0 Å². The summed E-state index contributed by atoms with van der Waals surface area (Å²) in [4.78, 5) is 17.4. The molecule has 0 atom stereocenters. The van der Waals surface area contributed by atoms with Gasteiger partial charge in [0.2, 0.25) is 5.95 Å². The van der Waals surface area contributed by atoms with Crippen molar-refractivity contribution in [3.05, 3.63) is 54.2 Å². The van der Waals surface area contributed by atoms with Crippen LogP contribution in [0.5, 0.6) is 0 Å². The molecule has 4 rings (SSSR count). The smallest absolute Gasteiger partial charge is 0.225 e. The highest BCUT2D eigenvalue weighted by atomic mass is 19.1. The Morgan fingerprint density at radius 3 is 2.68 bits per heavy atom. The van der Waals surface area contributed by atoms with Gasteiger partial charge in [-0.25, -0.2) is 14.4 Å². The Kier molecular flexibility index (Phi) is 5.10. The van der Waals surface area contributed by atoms with E-state index in [9.17, 15) is 4.39 Å². The van der Waals surface area contributed by atoms with Crippen molar-refractivity contribution < 1.29 is 4.39 Å². The average molecular weight is 381 g/mol. The van der Waals surface area contributed by atoms with Crippen molar-refractivity contribution in [3.8, 4) is 0 Å². The van der Waals surface area contributed by atoms with E-state index in [1.165, 1.54) is 6.07 Å². The van der Waals surface area contributed by atoms with Crippen LogP contribution >= 0.6 is 0 Å². The van der Waals surface area contributed by atoms with Crippen molar-refractivity contribution in [3.63, 3.8) is 0 Å². The van der Waals surface area contributed by atoms with Crippen LogP contribution in [0.2, 0.25) is 0 Å². The molecule has 8 heteroatoms. The molecule has 1 aliphatic rings. The minimum Gasteiger partial charge on any atom is -0.370 e. The van der Waals surface area contributed by atoms with Crippen LogP contribution in [-0.4, -0.2) is 58.1 Å². The van der Waals surface area contributed by atoms with Crippen molar-refractivity contribution in [2.45, 2.75) is 6.42 Å². The Morgan fingerprint density at radius 2 is 1.93 bits per heavy atom. The molecule has 7 nitrogen and oxygen atoms in total. The molecule has 0 unspecified atom stereocenters. The van der Waals surface area contributed by atoms with E-state index in [-0.39, 0.29) is 5.82 Å². The summed E-state index contributed by atoms with van der Waals surface area (Å²) in [6.07, 6.45) is 6.31. The number of hydrogen-bond acceptors (Lipinski definition) is 4. The number of anilines is 1. The van der Waals surface area contributed by atoms with Gasteiger partial charge in [-0.3, -0.25) is 4.99 Å². The van der Waals surface area contributed by atoms with Crippen molar-refractivity contribution in [1.29, 1.82) is 0 Å². The van der Waals surface area contributed by atoms with Crippen LogP contribution in [0, 0.1) is 5.82 Å². The third kappa shape index (κ3) is 3.76. The van der Waals surface area contributed by atoms with Crippen molar-refractivity contribution >= 4 is 22.8 Å². The fourth-order valence-corrected chi connectivity index (χ4v) is 3.62. The number of aliphatic imine (C=N–C) groups is 1. The van der Waals surface area contributed by atoms with E-state index in [0.29, 0.717) is 12.5 Å². The van der Waals surface area contributed by atoms with Gasteiger partial charge in [-0.1, -0.05) is 0 Å². The van der Waals surface area contributed by atoms with E-state index >= 15 is 0 Å². The minimum absolute atomic E-state index is 0.220. The Bertz CT molecular complexity index is 975. The first kappa shape index (κ1) is 18.2. The fourth-order valence-electron chi connectivity index (χ4n) is 3.62. The van der Waals surface area contributed by atoms with Gasteiger partial charge in [0.1, 0.15) is 5.82 Å². The standard InChI is InChI=1S/C20H24FN7/c1-26-14-15(17-4-3-16(21)13-18(17)26)5-8-23-19(22)27-9-11-28(12-10-27)20-24-6-2-7-25-20/h2-4,6-7,13-14H,5,8-12H2,1H3,(H2,22,23). The highest BCUT2D eigenvalue weighted by Crippen LogP contribution is 2.22. The second-order valence-corrected chi connectivity index (χ2v) is 6.94. The van der Waals surface area contributed by atoms with Gasteiger partial charge < -0.3 is 20.1 Å². The number of rotatable bonds is 4. The molecule has 3 heterocycles. The van der Waals surface area contributed by atoms with Crippen LogP contribution in [0.1, 0.15) is 5.56 Å². The summed E-state index contributed by atoms with van der Waals surface area (Å²) in [5.74, 6) is 1.10. The van der Waals surface area contributed by atoms with Gasteiger partial charge in [0.05, 0.1) is 5.52 Å². The lowest BCUT2D eigenvalue weighted by Crippen LogP contribution is -2.51. The molecule has 1 fully saturated rings. The molecular weight excluding hydrogens is 357 g/mol. The number of aromatic nitrogens is 3.